The number of methoxy groups -OCH3 is 1. The van der Waals surface area contributed by atoms with Crippen LogP contribution in [0.15, 0.2) is 12.2 Å². The predicted molar refractivity (Wildman–Crippen MR) is 51.2 cm³/mol. The maximum atomic E-state index is 11.3. The molecule has 0 radical (unpaired) electrons. The molecule has 68 valence electrons. The van der Waals surface area contributed by atoms with Gasteiger partial charge >= 0.3 is 5.97 Å². The summed E-state index contributed by atoms with van der Waals surface area (Å²) in [5.74, 6) is 0.380. The third-order valence-electron chi connectivity index (χ3n) is 2.27. The molecule has 2 atom stereocenters. The minimum atomic E-state index is -0.0798. The third kappa shape index (κ3) is 2.09. The van der Waals surface area contributed by atoms with Gasteiger partial charge in [-0.05, 0) is 18.8 Å². The van der Waals surface area contributed by atoms with Gasteiger partial charge in [0.1, 0.15) is 0 Å². The van der Waals surface area contributed by atoms with E-state index in [-0.39, 0.29) is 11.9 Å². The molecule has 0 bridgehead atoms. The van der Waals surface area contributed by atoms with Crippen LogP contribution in [0, 0.1) is 11.8 Å². The number of rotatable bonds is 2. The molecule has 0 heterocycles. The summed E-state index contributed by atoms with van der Waals surface area (Å²) in [6, 6.07) is 0. The number of alkyl halides is 1. The molecule has 0 saturated heterocycles. The second-order valence-corrected chi connectivity index (χ2v) is 3.63. The van der Waals surface area contributed by atoms with E-state index in [1.807, 2.05) is 0 Å². The first kappa shape index (κ1) is 9.78. The fraction of sp³-hybridized carbons (Fsp3) is 0.667. The number of hydrogen-bond donors (Lipinski definition) is 0. The van der Waals surface area contributed by atoms with Crippen molar-refractivity contribution in [2.45, 2.75) is 12.8 Å². The van der Waals surface area contributed by atoms with E-state index in [9.17, 15) is 4.79 Å². The largest absolute Gasteiger partial charge is 0.469 e. The van der Waals surface area contributed by atoms with Crippen molar-refractivity contribution in [2.24, 2.45) is 11.8 Å². The van der Waals surface area contributed by atoms with Crippen molar-refractivity contribution in [3.8, 4) is 0 Å². The van der Waals surface area contributed by atoms with Gasteiger partial charge in [-0.2, -0.15) is 0 Å². The summed E-state index contributed by atoms with van der Waals surface area (Å²) >= 11 is 3.41. The molecule has 12 heavy (non-hydrogen) atoms. The van der Waals surface area contributed by atoms with Crippen LogP contribution < -0.4 is 0 Å². The summed E-state index contributed by atoms with van der Waals surface area (Å²) in [5, 5.41) is 0.872. The molecular weight excluding hydrogens is 220 g/mol. The lowest BCUT2D eigenvalue weighted by Crippen LogP contribution is -2.27. The number of hydrogen-bond acceptors (Lipinski definition) is 2. The van der Waals surface area contributed by atoms with Gasteiger partial charge in [-0.3, -0.25) is 4.79 Å². The average molecular weight is 233 g/mol. The number of carbonyl (C=O) groups excluding carboxylic acids is 1. The zero-order chi connectivity index (χ0) is 8.97. The quantitative estimate of drug-likeness (QED) is 0.415. The molecule has 0 amide bonds. The van der Waals surface area contributed by atoms with E-state index >= 15 is 0 Å². The number of esters is 1. The van der Waals surface area contributed by atoms with Gasteiger partial charge in [-0.15, -0.1) is 0 Å². The number of carbonyl (C=O) groups is 1. The van der Waals surface area contributed by atoms with Crippen LogP contribution in [0.2, 0.25) is 0 Å². The van der Waals surface area contributed by atoms with Crippen molar-refractivity contribution in [2.75, 3.05) is 12.4 Å². The predicted octanol–water partition coefficient (Wildman–Crippen LogP) is 2.14. The van der Waals surface area contributed by atoms with E-state index in [2.05, 4.69) is 28.1 Å². The number of halogens is 1. The lowest BCUT2D eigenvalue weighted by atomic mass is 9.84. The highest BCUT2D eigenvalue weighted by Crippen LogP contribution is 2.27. The van der Waals surface area contributed by atoms with Gasteiger partial charge in [-0.25, -0.2) is 0 Å². The molecule has 0 aromatic rings. The molecular formula is C9H13BrO2. The summed E-state index contributed by atoms with van der Waals surface area (Å²) in [4.78, 5) is 11.3. The van der Waals surface area contributed by atoms with Gasteiger partial charge in [0, 0.05) is 5.33 Å². The summed E-state index contributed by atoms with van der Waals surface area (Å²) in [5.41, 5.74) is 0. The zero-order valence-corrected chi connectivity index (χ0v) is 8.71. The van der Waals surface area contributed by atoms with Crippen LogP contribution in [-0.4, -0.2) is 18.4 Å². The van der Waals surface area contributed by atoms with Crippen molar-refractivity contribution in [3.05, 3.63) is 12.2 Å². The minimum absolute atomic E-state index is 0.0550. The molecule has 0 unspecified atom stereocenters. The standard InChI is InChI=1S/C9H13BrO2/c1-12-9(11)8-5-3-2-4-7(8)6-10/h2-3,7-8H,4-6H2,1H3/t7-,8-/m0/s1. The van der Waals surface area contributed by atoms with Crippen molar-refractivity contribution in [1.82, 2.24) is 0 Å². The van der Waals surface area contributed by atoms with E-state index in [1.165, 1.54) is 7.11 Å². The molecule has 1 rings (SSSR count). The molecule has 0 spiro atoms. The Balaban J connectivity index is 2.60. The zero-order valence-electron chi connectivity index (χ0n) is 7.13. The highest BCUT2D eigenvalue weighted by Gasteiger charge is 2.28. The van der Waals surface area contributed by atoms with Gasteiger partial charge in [0.2, 0.25) is 0 Å². The van der Waals surface area contributed by atoms with Crippen molar-refractivity contribution in [3.63, 3.8) is 0 Å². The van der Waals surface area contributed by atoms with Crippen molar-refractivity contribution in [1.29, 1.82) is 0 Å². The fourth-order valence-electron chi connectivity index (χ4n) is 1.48. The monoisotopic (exact) mass is 232 g/mol. The van der Waals surface area contributed by atoms with Crippen LogP contribution in [0.3, 0.4) is 0 Å². The van der Waals surface area contributed by atoms with Gasteiger partial charge in [0.25, 0.3) is 0 Å². The molecule has 0 saturated carbocycles. The van der Waals surface area contributed by atoms with E-state index in [0.29, 0.717) is 5.92 Å². The van der Waals surface area contributed by atoms with Crippen molar-refractivity contribution >= 4 is 21.9 Å². The van der Waals surface area contributed by atoms with Crippen LogP contribution >= 0.6 is 15.9 Å². The normalized spacial score (nSPS) is 28.5. The van der Waals surface area contributed by atoms with Gasteiger partial charge in [0.15, 0.2) is 0 Å². The first-order valence-corrected chi connectivity index (χ1v) is 5.20. The maximum Gasteiger partial charge on any atom is 0.309 e. The Bertz CT molecular complexity index is 189. The lowest BCUT2D eigenvalue weighted by Gasteiger charge is -2.24. The van der Waals surface area contributed by atoms with Crippen LogP contribution in [0.4, 0.5) is 0 Å². The SMILES string of the molecule is COC(=O)[C@H]1CC=CC[C@H]1CBr. The molecule has 2 nitrogen and oxygen atoms in total. The van der Waals surface area contributed by atoms with E-state index in [1.54, 1.807) is 0 Å². The molecule has 0 aromatic heterocycles. The number of allylic oxidation sites excluding steroid dienone is 2. The molecule has 0 N–H and O–H groups in total. The van der Waals surface area contributed by atoms with E-state index in [0.717, 1.165) is 18.2 Å². The Labute approximate surface area is 81.1 Å². The Morgan fingerprint density at radius 3 is 2.83 bits per heavy atom. The second-order valence-electron chi connectivity index (χ2n) is 2.99. The second kappa shape index (κ2) is 4.65. The van der Waals surface area contributed by atoms with Crippen LogP contribution in [0.25, 0.3) is 0 Å². The highest BCUT2D eigenvalue weighted by molar-refractivity contribution is 9.09. The van der Waals surface area contributed by atoms with Gasteiger partial charge in [-0.1, -0.05) is 28.1 Å². The van der Waals surface area contributed by atoms with Gasteiger partial charge < -0.3 is 4.74 Å². The molecule has 0 fully saturated rings. The molecule has 3 heteroatoms. The van der Waals surface area contributed by atoms with Crippen molar-refractivity contribution < 1.29 is 9.53 Å². The maximum absolute atomic E-state index is 11.3. The van der Waals surface area contributed by atoms with Crippen LogP contribution in [-0.2, 0) is 9.53 Å². The first-order valence-electron chi connectivity index (χ1n) is 4.08. The van der Waals surface area contributed by atoms with Crippen LogP contribution in [0.1, 0.15) is 12.8 Å². The Morgan fingerprint density at radius 1 is 1.58 bits per heavy atom. The average Bonchev–Trinajstić information content (AvgIpc) is 2.16. The summed E-state index contributed by atoms with van der Waals surface area (Å²) in [7, 11) is 1.45. The smallest absolute Gasteiger partial charge is 0.309 e. The first-order chi connectivity index (χ1) is 5.79. The fourth-order valence-corrected chi connectivity index (χ4v) is 2.20. The van der Waals surface area contributed by atoms with Crippen LogP contribution in [0.5, 0.6) is 0 Å². The Morgan fingerprint density at radius 2 is 2.25 bits per heavy atom. The molecule has 0 aromatic carbocycles. The third-order valence-corrected chi connectivity index (χ3v) is 3.10. The number of ether oxygens (including phenoxy) is 1. The van der Waals surface area contributed by atoms with E-state index in [4.69, 9.17) is 4.74 Å². The minimum Gasteiger partial charge on any atom is -0.469 e. The molecule has 1 aliphatic rings. The summed E-state index contributed by atoms with van der Waals surface area (Å²) in [6.07, 6.45) is 5.99. The van der Waals surface area contributed by atoms with Gasteiger partial charge in [0.05, 0.1) is 13.0 Å². The van der Waals surface area contributed by atoms with E-state index < -0.39 is 0 Å². The molecule has 0 aliphatic heterocycles. The molecule has 1 aliphatic carbocycles. The Kier molecular flexibility index (Phi) is 3.79. The Hall–Kier alpha value is -0.310. The lowest BCUT2D eigenvalue weighted by molar-refractivity contribution is -0.147. The summed E-state index contributed by atoms with van der Waals surface area (Å²) < 4.78 is 4.73. The summed E-state index contributed by atoms with van der Waals surface area (Å²) in [6.45, 7) is 0. The topological polar surface area (TPSA) is 26.3 Å². The highest BCUT2D eigenvalue weighted by atomic mass is 79.9.